The van der Waals surface area contributed by atoms with Crippen molar-refractivity contribution >= 4 is 21.7 Å². The molecular formula is C13H22BrN3. The third-order valence-electron chi connectivity index (χ3n) is 2.87. The molecule has 0 bridgehead atoms. The highest BCUT2D eigenvalue weighted by atomic mass is 79.9. The molecule has 96 valence electrons. The number of nitrogens with one attached hydrogen (secondary N) is 1. The standard InChI is InChI=1S/C13H22BrN3/c1-7-8(2)11-16-10(13(3,4)5)9(14)12(15-6)17-11/h8H,7H2,1-6H3,(H,15,16,17). The lowest BCUT2D eigenvalue weighted by Gasteiger charge is -2.22. The van der Waals surface area contributed by atoms with E-state index in [1.54, 1.807) is 0 Å². The topological polar surface area (TPSA) is 37.8 Å². The molecule has 1 aromatic rings. The second-order valence-electron chi connectivity index (χ2n) is 5.40. The van der Waals surface area contributed by atoms with Crippen molar-refractivity contribution in [1.29, 1.82) is 0 Å². The first-order chi connectivity index (χ1) is 7.81. The molecule has 0 spiro atoms. The smallest absolute Gasteiger partial charge is 0.144 e. The van der Waals surface area contributed by atoms with Gasteiger partial charge in [0, 0.05) is 18.4 Å². The van der Waals surface area contributed by atoms with Crippen molar-refractivity contribution in [3.05, 3.63) is 16.0 Å². The summed E-state index contributed by atoms with van der Waals surface area (Å²) in [6, 6.07) is 0. The molecule has 0 fully saturated rings. The van der Waals surface area contributed by atoms with Crippen molar-refractivity contribution in [3.63, 3.8) is 0 Å². The van der Waals surface area contributed by atoms with Crippen molar-refractivity contribution in [1.82, 2.24) is 9.97 Å². The molecule has 0 amide bonds. The molecule has 1 heterocycles. The van der Waals surface area contributed by atoms with E-state index < -0.39 is 0 Å². The molecule has 17 heavy (non-hydrogen) atoms. The molecule has 1 rings (SSSR count). The minimum Gasteiger partial charge on any atom is -0.372 e. The fraction of sp³-hybridized carbons (Fsp3) is 0.692. The fourth-order valence-corrected chi connectivity index (χ4v) is 2.50. The molecule has 0 aliphatic carbocycles. The summed E-state index contributed by atoms with van der Waals surface area (Å²) >= 11 is 3.59. The van der Waals surface area contributed by atoms with Crippen LogP contribution in [0, 0.1) is 0 Å². The van der Waals surface area contributed by atoms with Crippen LogP contribution in [-0.2, 0) is 5.41 Å². The zero-order valence-corrected chi connectivity index (χ0v) is 13.1. The van der Waals surface area contributed by atoms with Crippen LogP contribution < -0.4 is 5.32 Å². The number of aromatic nitrogens is 2. The molecule has 0 saturated carbocycles. The summed E-state index contributed by atoms with van der Waals surface area (Å²) in [6.45, 7) is 10.8. The van der Waals surface area contributed by atoms with Crippen LogP contribution in [0.1, 0.15) is 58.5 Å². The van der Waals surface area contributed by atoms with Crippen molar-refractivity contribution < 1.29 is 0 Å². The molecule has 1 N–H and O–H groups in total. The van der Waals surface area contributed by atoms with E-state index in [-0.39, 0.29) is 5.41 Å². The zero-order valence-electron chi connectivity index (χ0n) is 11.6. The maximum absolute atomic E-state index is 4.72. The number of nitrogens with zero attached hydrogens (tertiary/aromatic N) is 2. The first-order valence-electron chi connectivity index (χ1n) is 6.06. The van der Waals surface area contributed by atoms with Crippen LogP contribution in [0.4, 0.5) is 5.82 Å². The SMILES string of the molecule is CCC(C)c1nc(NC)c(Br)c(C(C)(C)C)n1. The Hall–Kier alpha value is -0.640. The molecule has 0 saturated heterocycles. The van der Waals surface area contributed by atoms with Gasteiger partial charge in [-0.05, 0) is 22.4 Å². The largest absolute Gasteiger partial charge is 0.372 e. The fourth-order valence-electron chi connectivity index (χ4n) is 1.53. The van der Waals surface area contributed by atoms with Crippen LogP contribution in [-0.4, -0.2) is 17.0 Å². The van der Waals surface area contributed by atoms with Crippen molar-refractivity contribution in [3.8, 4) is 0 Å². The van der Waals surface area contributed by atoms with Crippen molar-refractivity contribution in [2.75, 3.05) is 12.4 Å². The Bertz CT molecular complexity index is 396. The molecule has 0 radical (unpaired) electrons. The second-order valence-corrected chi connectivity index (χ2v) is 6.20. The third-order valence-corrected chi connectivity index (χ3v) is 3.62. The van der Waals surface area contributed by atoms with Gasteiger partial charge < -0.3 is 5.32 Å². The maximum atomic E-state index is 4.72. The van der Waals surface area contributed by atoms with E-state index in [0.29, 0.717) is 5.92 Å². The Kier molecular flexibility index (Phi) is 4.53. The number of hydrogen-bond acceptors (Lipinski definition) is 3. The van der Waals surface area contributed by atoms with Crippen LogP contribution in [0.5, 0.6) is 0 Å². The van der Waals surface area contributed by atoms with E-state index in [0.717, 1.165) is 28.2 Å². The second kappa shape index (κ2) is 5.34. The summed E-state index contributed by atoms with van der Waals surface area (Å²) in [5.41, 5.74) is 1.07. The van der Waals surface area contributed by atoms with Gasteiger partial charge in [0.05, 0.1) is 10.2 Å². The number of halogens is 1. The van der Waals surface area contributed by atoms with E-state index in [2.05, 4.69) is 60.8 Å². The van der Waals surface area contributed by atoms with E-state index in [4.69, 9.17) is 4.98 Å². The third kappa shape index (κ3) is 3.18. The van der Waals surface area contributed by atoms with Crippen LogP contribution in [0.25, 0.3) is 0 Å². The van der Waals surface area contributed by atoms with E-state index in [1.807, 2.05) is 7.05 Å². The summed E-state index contributed by atoms with van der Waals surface area (Å²) in [6.07, 6.45) is 1.05. The predicted octanol–water partition coefficient (Wildman–Crippen LogP) is 4.09. The van der Waals surface area contributed by atoms with Crippen LogP contribution in [0.2, 0.25) is 0 Å². The Labute approximate surface area is 113 Å². The van der Waals surface area contributed by atoms with Gasteiger partial charge in [0.1, 0.15) is 11.6 Å². The average Bonchev–Trinajstić information content (AvgIpc) is 2.26. The monoisotopic (exact) mass is 299 g/mol. The molecule has 0 aliphatic rings. The Morgan fingerprint density at radius 2 is 1.88 bits per heavy atom. The number of hydrogen-bond donors (Lipinski definition) is 1. The molecule has 0 aromatic carbocycles. The summed E-state index contributed by atoms with van der Waals surface area (Å²) in [5, 5.41) is 3.13. The Morgan fingerprint density at radius 3 is 2.29 bits per heavy atom. The molecule has 1 aromatic heterocycles. The normalized spacial score (nSPS) is 13.6. The molecule has 0 aliphatic heterocycles. The Morgan fingerprint density at radius 1 is 1.29 bits per heavy atom. The van der Waals surface area contributed by atoms with Crippen molar-refractivity contribution in [2.24, 2.45) is 0 Å². The average molecular weight is 300 g/mol. The summed E-state index contributed by atoms with van der Waals surface area (Å²) in [4.78, 5) is 9.29. The minimum atomic E-state index is 0.00951. The van der Waals surface area contributed by atoms with Crippen LogP contribution in [0.3, 0.4) is 0 Å². The Balaban J connectivity index is 3.39. The predicted molar refractivity (Wildman–Crippen MR) is 76.7 cm³/mol. The maximum Gasteiger partial charge on any atom is 0.144 e. The van der Waals surface area contributed by atoms with Gasteiger partial charge in [-0.15, -0.1) is 0 Å². The minimum absolute atomic E-state index is 0.00951. The summed E-state index contributed by atoms with van der Waals surface area (Å²) in [7, 11) is 1.89. The van der Waals surface area contributed by atoms with Crippen LogP contribution >= 0.6 is 15.9 Å². The quantitative estimate of drug-likeness (QED) is 0.913. The molecule has 1 atom stereocenters. The van der Waals surface area contributed by atoms with E-state index in [9.17, 15) is 0 Å². The molecule has 4 heteroatoms. The van der Waals surface area contributed by atoms with E-state index in [1.165, 1.54) is 0 Å². The first kappa shape index (κ1) is 14.4. The lowest BCUT2D eigenvalue weighted by molar-refractivity contribution is 0.550. The van der Waals surface area contributed by atoms with Gasteiger partial charge in [0.15, 0.2) is 0 Å². The van der Waals surface area contributed by atoms with Gasteiger partial charge in [-0.1, -0.05) is 34.6 Å². The highest BCUT2D eigenvalue weighted by Crippen LogP contribution is 2.33. The highest BCUT2D eigenvalue weighted by Gasteiger charge is 2.23. The van der Waals surface area contributed by atoms with Gasteiger partial charge in [-0.25, -0.2) is 9.97 Å². The van der Waals surface area contributed by atoms with Gasteiger partial charge in [-0.3, -0.25) is 0 Å². The van der Waals surface area contributed by atoms with E-state index >= 15 is 0 Å². The van der Waals surface area contributed by atoms with Crippen LogP contribution in [0.15, 0.2) is 4.47 Å². The lowest BCUT2D eigenvalue weighted by atomic mass is 9.91. The van der Waals surface area contributed by atoms with Gasteiger partial charge in [-0.2, -0.15) is 0 Å². The first-order valence-corrected chi connectivity index (χ1v) is 6.86. The zero-order chi connectivity index (χ0) is 13.2. The van der Waals surface area contributed by atoms with Gasteiger partial charge in [0.25, 0.3) is 0 Å². The summed E-state index contributed by atoms with van der Waals surface area (Å²) in [5.74, 6) is 2.18. The van der Waals surface area contributed by atoms with Gasteiger partial charge in [0.2, 0.25) is 0 Å². The molecular weight excluding hydrogens is 278 g/mol. The molecule has 3 nitrogen and oxygen atoms in total. The highest BCUT2D eigenvalue weighted by molar-refractivity contribution is 9.10. The lowest BCUT2D eigenvalue weighted by Crippen LogP contribution is -2.18. The van der Waals surface area contributed by atoms with Gasteiger partial charge >= 0.3 is 0 Å². The number of rotatable bonds is 3. The number of anilines is 1. The summed E-state index contributed by atoms with van der Waals surface area (Å²) < 4.78 is 0.972. The van der Waals surface area contributed by atoms with Crippen molar-refractivity contribution in [2.45, 2.75) is 52.4 Å². The molecule has 1 unspecified atom stereocenters.